The Morgan fingerprint density at radius 3 is 2.46 bits per heavy atom. The van der Waals surface area contributed by atoms with Crippen LogP contribution in [0.3, 0.4) is 0 Å². The minimum Gasteiger partial charge on any atom is -0.341 e. The average molecular weight is 357 g/mol. The summed E-state index contributed by atoms with van der Waals surface area (Å²) < 4.78 is 0. The van der Waals surface area contributed by atoms with Gasteiger partial charge in [0.15, 0.2) is 0 Å². The van der Waals surface area contributed by atoms with Crippen LogP contribution in [-0.2, 0) is 16.0 Å². The van der Waals surface area contributed by atoms with E-state index in [1.807, 2.05) is 30.3 Å². The van der Waals surface area contributed by atoms with E-state index in [1.54, 1.807) is 18.7 Å². The van der Waals surface area contributed by atoms with Crippen molar-refractivity contribution < 1.29 is 14.4 Å². The molecule has 1 N–H and O–H groups in total. The molecule has 2 aliphatic rings. The molecule has 0 saturated carbocycles. The molecule has 0 radical (unpaired) electrons. The van der Waals surface area contributed by atoms with Crippen LogP contribution in [0.4, 0.5) is 4.79 Å². The van der Waals surface area contributed by atoms with E-state index in [-0.39, 0.29) is 11.8 Å². The van der Waals surface area contributed by atoms with E-state index in [2.05, 4.69) is 5.32 Å². The molecule has 3 rings (SSSR count). The summed E-state index contributed by atoms with van der Waals surface area (Å²) in [5.74, 6) is -0.447. The van der Waals surface area contributed by atoms with Crippen molar-refractivity contribution in [2.45, 2.75) is 57.5 Å². The second-order valence-electron chi connectivity index (χ2n) is 7.48. The first-order chi connectivity index (χ1) is 12.4. The third-order valence-corrected chi connectivity index (χ3v) is 5.46. The molecule has 0 bridgehead atoms. The van der Waals surface area contributed by atoms with Gasteiger partial charge in [0.05, 0.1) is 0 Å². The van der Waals surface area contributed by atoms with Gasteiger partial charge in [-0.3, -0.25) is 9.59 Å². The molecule has 2 heterocycles. The van der Waals surface area contributed by atoms with Gasteiger partial charge in [-0.25, -0.2) is 9.69 Å². The zero-order valence-electron chi connectivity index (χ0n) is 15.5. The number of hydrogen-bond donors (Lipinski definition) is 1. The topological polar surface area (TPSA) is 69.7 Å². The lowest BCUT2D eigenvalue weighted by Gasteiger charge is -2.32. The third-order valence-electron chi connectivity index (χ3n) is 5.46. The van der Waals surface area contributed by atoms with Crippen LogP contribution in [0.5, 0.6) is 0 Å². The first-order valence-corrected chi connectivity index (χ1v) is 9.41. The normalized spacial score (nSPS) is 24.5. The molecule has 26 heavy (non-hydrogen) atoms. The molecule has 6 nitrogen and oxygen atoms in total. The predicted octanol–water partition coefficient (Wildman–Crippen LogP) is 2.33. The van der Waals surface area contributed by atoms with Gasteiger partial charge in [0.25, 0.3) is 5.91 Å². The first kappa shape index (κ1) is 18.4. The largest absolute Gasteiger partial charge is 0.341 e. The molecule has 6 heteroatoms. The van der Waals surface area contributed by atoms with Crippen molar-refractivity contribution in [1.82, 2.24) is 15.1 Å². The SMILES string of the molecule is C[C@@H](C(=O)N1CCCCC1)N1C(=O)N[C@](C)(CCc2ccccc2)C1=O. The average Bonchev–Trinajstić information content (AvgIpc) is 2.89. The summed E-state index contributed by atoms with van der Waals surface area (Å²) in [5.41, 5.74) is 0.148. The number of rotatable bonds is 5. The van der Waals surface area contributed by atoms with E-state index < -0.39 is 17.6 Å². The summed E-state index contributed by atoms with van der Waals surface area (Å²) in [7, 11) is 0. The first-order valence-electron chi connectivity index (χ1n) is 9.41. The lowest BCUT2D eigenvalue weighted by atomic mass is 9.93. The number of aryl methyl sites for hydroxylation is 1. The van der Waals surface area contributed by atoms with Crippen LogP contribution in [0.2, 0.25) is 0 Å². The number of benzene rings is 1. The molecule has 2 atom stereocenters. The minimum atomic E-state index is -0.969. The zero-order chi connectivity index (χ0) is 18.7. The summed E-state index contributed by atoms with van der Waals surface area (Å²) >= 11 is 0. The molecule has 2 aliphatic heterocycles. The summed E-state index contributed by atoms with van der Waals surface area (Å²) in [6.45, 7) is 4.81. The molecule has 0 unspecified atom stereocenters. The smallest absolute Gasteiger partial charge is 0.325 e. The van der Waals surface area contributed by atoms with E-state index in [9.17, 15) is 14.4 Å². The molecule has 0 aliphatic carbocycles. The number of piperidine rings is 1. The maximum absolute atomic E-state index is 13.0. The van der Waals surface area contributed by atoms with Crippen LogP contribution in [0.1, 0.15) is 45.1 Å². The van der Waals surface area contributed by atoms with Gasteiger partial charge in [-0.15, -0.1) is 0 Å². The van der Waals surface area contributed by atoms with E-state index in [1.165, 1.54) is 0 Å². The number of nitrogens with zero attached hydrogens (tertiary/aromatic N) is 2. The second-order valence-corrected chi connectivity index (χ2v) is 7.48. The van der Waals surface area contributed by atoms with E-state index >= 15 is 0 Å². The highest BCUT2D eigenvalue weighted by atomic mass is 16.2. The van der Waals surface area contributed by atoms with Gasteiger partial charge in [0.1, 0.15) is 11.6 Å². The molecule has 140 valence electrons. The number of imide groups is 1. The Hall–Kier alpha value is -2.37. The highest BCUT2D eigenvalue weighted by Gasteiger charge is 2.50. The number of nitrogens with one attached hydrogen (secondary N) is 1. The molecule has 2 fully saturated rings. The van der Waals surface area contributed by atoms with Crippen molar-refractivity contribution in [3.63, 3.8) is 0 Å². The fraction of sp³-hybridized carbons (Fsp3) is 0.550. The van der Waals surface area contributed by atoms with Crippen molar-refractivity contribution in [3.05, 3.63) is 35.9 Å². The van der Waals surface area contributed by atoms with Crippen LogP contribution in [0, 0.1) is 0 Å². The molecular formula is C20H27N3O3. The fourth-order valence-corrected chi connectivity index (χ4v) is 3.76. The quantitative estimate of drug-likeness (QED) is 0.822. The second kappa shape index (κ2) is 7.48. The molecule has 4 amide bonds. The molecular weight excluding hydrogens is 330 g/mol. The molecule has 1 aromatic rings. The number of urea groups is 1. The van der Waals surface area contributed by atoms with Gasteiger partial charge in [-0.1, -0.05) is 30.3 Å². The van der Waals surface area contributed by atoms with Gasteiger partial charge in [0, 0.05) is 13.1 Å². The maximum Gasteiger partial charge on any atom is 0.325 e. The van der Waals surface area contributed by atoms with Crippen molar-refractivity contribution in [1.29, 1.82) is 0 Å². The summed E-state index contributed by atoms with van der Waals surface area (Å²) in [6.07, 6.45) is 4.27. The van der Waals surface area contributed by atoms with Crippen LogP contribution in [-0.4, -0.2) is 52.3 Å². The van der Waals surface area contributed by atoms with Gasteiger partial charge >= 0.3 is 6.03 Å². The van der Waals surface area contributed by atoms with Gasteiger partial charge in [0.2, 0.25) is 5.91 Å². The van der Waals surface area contributed by atoms with Crippen molar-refractivity contribution in [2.24, 2.45) is 0 Å². The monoisotopic (exact) mass is 357 g/mol. The van der Waals surface area contributed by atoms with Crippen molar-refractivity contribution >= 4 is 17.8 Å². The van der Waals surface area contributed by atoms with Crippen LogP contribution < -0.4 is 5.32 Å². The summed E-state index contributed by atoms with van der Waals surface area (Å²) in [5, 5.41) is 2.81. The summed E-state index contributed by atoms with van der Waals surface area (Å²) in [6, 6.07) is 8.64. The molecule has 0 spiro atoms. The number of hydrogen-bond acceptors (Lipinski definition) is 3. The van der Waals surface area contributed by atoms with Crippen LogP contribution in [0.15, 0.2) is 30.3 Å². The number of likely N-dealkylation sites (tertiary alicyclic amines) is 1. The Morgan fingerprint density at radius 2 is 1.81 bits per heavy atom. The molecule has 1 aromatic carbocycles. The van der Waals surface area contributed by atoms with Crippen molar-refractivity contribution in [3.8, 4) is 0 Å². The maximum atomic E-state index is 13.0. The number of amides is 4. The Bertz CT molecular complexity index is 685. The number of carbonyl (C=O) groups is 3. The van der Waals surface area contributed by atoms with E-state index in [0.29, 0.717) is 25.9 Å². The van der Waals surface area contributed by atoms with Gasteiger partial charge in [-0.2, -0.15) is 0 Å². The van der Waals surface area contributed by atoms with Gasteiger partial charge in [-0.05, 0) is 51.5 Å². The fourth-order valence-electron chi connectivity index (χ4n) is 3.76. The zero-order valence-corrected chi connectivity index (χ0v) is 15.5. The lowest BCUT2D eigenvalue weighted by molar-refractivity contribution is -0.143. The highest BCUT2D eigenvalue weighted by molar-refractivity contribution is 6.09. The van der Waals surface area contributed by atoms with E-state index in [4.69, 9.17) is 0 Å². The molecule has 0 aromatic heterocycles. The summed E-state index contributed by atoms with van der Waals surface area (Å²) in [4.78, 5) is 41.0. The third kappa shape index (κ3) is 3.59. The van der Waals surface area contributed by atoms with E-state index in [0.717, 1.165) is 29.7 Å². The Morgan fingerprint density at radius 1 is 1.15 bits per heavy atom. The Labute approximate surface area is 154 Å². The van der Waals surface area contributed by atoms with Crippen LogP contribution in [0.25, 0.3) is 0 Å². The Balaban J connectivity index is 1.68. The lowest BCUT2D eigenvalue weighted by Crippen LogP contribution is -2.52. The van der Waals surface area contributed by atoms with Gasteiger partial charge < -0.3 is 10.2 Å². The highest BCUT2D eigenvalue weighted by Crippen LogP contribution is 2.26. The molecule has 2 saturated heterocycles. The number of carbonyl (C=O) groups excluding carboxylic acids is 3. The predicted molar refractivity (Wildman–Crippen MR) is 98.4 cm³/mol. The van der Waals surface area contributed by atoms with Crippen LogP contribution >= 0.6 is 0 Å². The Kier molecular flexibility index (Phi) is 5.30. The standard InChI is InChI=1S/C20H27N3O3/c1-15(17(24)22-13-7-4-8-14-22)23-18(25)20(2,21-19(23)26)12-11-16-9-5-3-6-10-16/h3,5-6,9-10,15H,4,7-8,11-14H2,1-2H3,(H,21,26)/t15-,20+/m0/s1. The minimum absolute atomic E-state index is 0.138. The van der Waals surface area contributed by atoms with Crippen molar-refractivity contribution in [2.75, 3.05) is 13.1 Å².